The van der Waals surface area contributed by atoms with E-state index in [1.165, 1.54) is 23.9 Å². The van der Waals surface area contributed by atoms with E-state index in [0.717, 1.165) is 16.7 Å². The second-order valence-corrected chi connectivity index (χ2v) is 10.1. The Morgan fingerprint density at radius 1 is 1.18 bits per heavy atom. The van der Waals surface area contributed by atoms with E-state index in [9.17, 15) is 14.7 Å². The number of thioether (sulfide) groups is 1. The molecule has 3 heterocycles. The molecular weight excluding hydrogens is 504 g/mol. The van der Waals surface area contributed by atoms with Gasteiger partial charge in [-0.3, -0.25) is 9.59 Å². The molecule has 3 aliphatic heterocycles. The summed E-state index contributed by atoms with van der Waals surface area (Å²) in [4.78, 5) is 27.9. The van der Waals surface area contributed by atoms with E-state index >= 15 is 0 Å². The van der Waals surface area contributed by atoms with Crippen molar-refractivity contribution in [2.45, 2.75) is 18.9 Å². The Hall–Kier alpha value is -3.85. The van der Waals surface area contributed by atoms with Gasteiger partial charge in [0.25, 0.3) is 5.91 Å². The number of rotatable bonds is 3. The number of benzene rings is 3. The number of carbonyl (C=O) groups is 2. The molecule has 3 aromatic carbocycles. The fraction of sp³-hybridized carbons (Fsp3) is 0.310. The van der Waals surface area contributed by atoms with Gasteiger partial charge in [0.05, 0.1) is 31.1 Å². The number of nitrogens with zero attached hydrogens (tertiary/aromatic N) is 1. The lowest BCUT2D eigenvalue weighted by molar-refractivity contribution is -0.130. The maximum Gasteiger partial charge on any atom is 0.255 e. The second-order valence-electron chi connectivity index (χ2n) is 9.19. The Bertz CT molecular complexity index is 1360. The van der Waals surface area contributed by atoms with Crippen LogP contribution in [0.25, 0.3) is 0 Å². The Kier molecular flexibility index (Phi) is 7.64. The smallest absolute Gasteiger partial charge is 0.255 e. The van der Waals surface area contributed by atoms with Gasteiger partial charge in [-0.05, 0) is 78.3 Å². The number of phenolic OH excluding ortho intramolecular Hbond substituents is 1. The summed E-state index contributed by atoms with van der Waals surface area (Å²) in [6.07, 6.45) is 3.17. The number of fused-ring (bicyclic) bond motifs is 6. The summed E-state index contributed by atoms with van der Waals surface area (Å²) in [5.41, 5.74) is 3.09. The molecule has 2 N–H and O–H groups in total. The van der Waals surface area contributed by atoms with E-state index < -0.39 is 5.91 Å². The maximum atomic E-state index is 13.2. The molecule has 0 saturated carbocycles. The van der Waals surface area contributed by atoms with E-state index in [2.05, 4.69) is 5.32 Å². The average molecular weight is 535 g/mol. The molecule has 9 heteroatoms. The van der Waals surface area contributed by atoms with Crippen LogP contribution in [0.3, 0.4) is 0 Å². The van der Waals surface area contributed by atoms with Crippen LogP contribution in [0.1, 0.15) is 39.5 Å². The predicted molar refractivity (Wildman–Crippen MR) is 146 cm³/mol. The molecule has 1 unspecified atom stereocenters. The fourth-order valence-corrected chi connectivity index (χ4v) is 5.33. The van der Waals surface area contributed by atoms with Gasteiger partial charge in [0.2, 0.25) is 5.91 Å². The zero-order chi connectivity index (χ0) is 26.6. The van der Waals surface area contributed by atoms with Crippen LogP contribution in [0.2, 0.25) is 0 Å². The number of ether oxygens (including phenoxy) is 3. The lowest BCUT2D eigenvalue weighted by Crippen LogP contribution is -2.41. The van der Waals surface area contributed by atoms with Crippen LogP contribution in [0.5, 0.6) is 28.7 Å². The molecule has 0 fully saturated rings. The molecule has 8 bridgehead atoms. The first-order valence-corrected chi connectivity index (χ1v) is 13.9. The largest absolute Gasteiger partial charge is 0.507 e. The number of hydrogen-bond donors (Lipinski definition) is 2. The number of carbonyl (C=O) groups excluding carboxylic acids is 2. The summed E-state index contributed by atoms with van der Waals surface area (Å²) in [5.74, 6) is 2.02. The standard InChI is InChI=1S/C29H30N2O6S/c1-35-25-16-22-18-9-11-31(27(33)17-38-2)28(22)19-5-3-6-20(13-19)36-12-4-10-30-29(34)23-15-21(7-8-24(23)32)37-26(25)14-18/h3,5-8,13-16,28,32H,4,9-12,17H2,1-2H3,(H,30,34). The van der Waals surface area contributed by atoms with Gasteiger partial charge < -0.3 is 29.5 Å². The van der Waals surface area contributed by atoms with Crippen molar-refractivity contribution < 1.29 is 28.9 Å². The Morgan fingerprint density at radius 2 is 2.05 bits per heavy atom. The number of amides is 2. The number of aromatic hydroxyl groups is 1. The van der Waals surface area contributed by atoms with Crippen molar-refractivity contribution in [2.24, 2.45) is 0 Å². The highest BCUT2D eigenvalue weighted by atomic mass is 32.2. The van der Waals surface area contributed by atoms with Gasteiger partial charge in [-0.25, -0.2) is 0 Å². The minimum atomic E-state index is -0.397. The normalized spacial score (nSPS) is 16.9. The Morgan fingerprint density at radius 3 is 2.87 bits per heavy atom. The lowest BCUT2D eigenvalue weighted by Gasteiger charge is -2.38. The molecule has 3 aliphatic rings. The van der Waals surface area contributed by atoms with Crippen LogP contribution in [0.15, 0.2) is 54.6 Å². The molecule has 6 rings (SSSR count). The van der Waals surface area contributed by atoms with E-state index in [4.69, 9.17) is 14.2 Å². The first kappa shape index (κ1) is 25.8. The summed E-state index contributed by atoms with van der Waals surface area (Å²) in [7, 11) is 1.57. The van der Waals surface area contributed by atoms with E-state index in [1.54, 1.807) is 13.2 Å². The molecule has 3 aromatic rings. The minimum absolute atomic E-state index is 0.0771. The monoisotopic (exact) mass is 534 g/mol. The molecule has 0 aromatic heterocycles. The first-order chi connectivity index (χ1) is 18.5. The van der Waals surface area contributed by atoms with Gasteiger partial charge in [-0.1, -0.05) is 12.1 Å². The minimum Gasteiger partial charge on any atom is -0.507 e. The third-order valence-corrected chi connectivity index (χ3v) is 7.27. The third-order valence-electron chi connectivity index (χ3n) is 6.73. The van der Waals surface area contributed by atoms with Gasteiger partial charge in [-0.2, -0.15) is 11.8 Å². The van der Waals surface area contributed by atoms with Crippen LogP contribution in [0, 0.1) is 0 Å². The topological polar surface area (TPSA) is 97.3 Å². The van der Waals surface area contributed by atoms with E-state index in [1.807, 2.05) is 47.6 Å². The first-order valence-electron chi connectivity index (χ1n) is 12.5. The van der Waals surface area contributed by atoms with Crippen LogP contribution in [-0.4, -0.2) is 60.6 Å². The molecule has 2 amide bonds. The van der Waals surface area contributed by atoms with Crippen molar-refractivity contribution in [3.63, 3.8) is 0 Å². The predicted octanol–water partition coefficient (Wildman–Crippen LogP) is 4.54. The zero-order valence-electron chi connectivity index (χ0n) is 21.4. The van der Waals surface area contributed by atoms with Crippen LogP contribution < -0.4 is 19.5 Å². The number of nitrogens with one attached hydrogen (secondary N) is 1. The van der Waals surface area contributed by atoms with Crippen molar-refractivity contribution in [3.05, 3.63) is 76.9 Å². The summed E-state index contributed by atoms with van der Waals surface area (Å²) < 4.78 is 17.9. The SMILES string of the molecule is COc1cc2c3cc1Oc1ccc(O)c(c1)C(=O)NCCCOc1cccc(c1)C2N(C(=O)CSC)CC3. The van der Waals surface area contributed by atoms with Crippen LogP contribution in [-0.2, 0) is 11.2 Å². The molecule has 8 nitrogen and oxygen atoms in total. The highest BCUT2D eigenvalue weighted by molar-refractivity contribution is 7.99. The van der Waals surface area contributed by atoms with Gasteiger partial charge >= 0.3 is 0 Å². The van der Waals surface area contributed by atoms with E-state index in [-0.39, 0.29) is 23.3 Å². The highest BCUT2D eigenvalue weighted by Crippen LogP contribution is 2.43. The van der Waals surface area contributed by atoms with Gasteiger partial charge in [-0.15, -0.1) is 0 Å². The quantitative estimate of drug-likeness (QED) is 0.509. The Balaban J connectivity index is 1.64. The summed E-state index contributed by atoms with van der Waals surface area (Å²) in [6, 6.07) is 15.9. The van der Waals surface area contributed by atoms with Crippen molar-refractivity contribution >= 4 is 23.6 Å². The van der Waals surface area contributed by atoms with Gasteiger partial charge in [0.1, 0.15) is 17.2 Å². The lowest BCUT2D eigenvalue weighted by atomic mass is 9.87. The molecule has 1 atom stereocenters. The molecule has 38 heavy (non-hydrogen) atoms. The molecule has 0 spiro atoms. The van der Waals surface area contributed by atoms with Crippen molar-refractivity contribution in [1.82, 2.24) is 10.2 Å². The van der Waals surface area contributed by atoms with Gasteiger partial charge in [0, 0.05) is 13.1 Å². The van der Waals surface area contributed by atoms with Crippen molar-refractivity contribution in [2.75, 3.05) is 38.8 Å². The van der Waals surface area contributed by atoms with E-state index in [0.29, 0.717) is 61.3 Å². The maximum absolute atomic E-state index is 13.2. The second kappa shape index (κ2) is 11.3. The highest BCUT2D eigenvalue weighted by Gasteiger charge is 2.33. The molecular formula is C29H30N2O6S. The third kappa shape index (κ3) is 5.24. The summed E-state index contributed by atoms with van der Waals surface area (Å²) in [6.45, 7) is 1.34. The zero-order valence-corrected chi connectivity index (χ0v) is 22.2. The summed E-state index contributed by atoms with van der Waals surface area (Å²) in [5, 5.41) is 13.1. The van der Waals surface area contributed by atoms with Crippen LogP contribution >= 0.6 is 11.8 Å². The molecule has 198 valence electrons. The van der Waals surface area contributed by atoms with Gasteiger partial charge in [0.15, 0.2) is 11.5 Å². The number of phenols is 1. The van der Waals surface area contributed by atoms with Crippen molar-refractivity contribution in [1.29, 1.82) is 0 Å². The number of hydrogen-bond acceptors (Lipinski definition) is 7. The molecule has 0 saturated heterocycles. The summed E-state index contributed by atoms with van der Waals surface area (Å²) >= 11 is 1.51. The van der Waals surface area contributed by atoms with Crippen LogP contribution in [0.4, 0.5) is 0 Å². The number of methoxy groups -OCH3 is 1. The molecule has 0 aliphatic carbocycles. The van der Waals surface area contributed by atoms with Crippen molar-refractivity contribution in [3.8, 4) is 28.7 Å². The Labute approximate surface area is 225 Å². The average Bonchev–Trinajstić information content (AvgIpc) is 2.92. The molecule has 0 radical (unpaired) electrons. The fourth-order valence-electron chi connectivity index (χ4n) is 4.92.